The quantitative estimate of drug-likeness (QED) is 0.479. The summed E-state index contributed by atoms with van der Waals surface area (Å²) in [5.41, 5.74) is 0.347. The van der Waals surface area contributed by atoms with Gasteiger partial charge in [0.2, 0.25) is 5.91 Å². The van der Waals surface area contributed by atoms with Crippen molar-refractivity contribution >= 4 is 16.8 Å². The minimum absolute atomic E-state index is 0.211. The maximum absolute atomic E-state index is 13.0. The van der Waals surface area contributed by atoms with Crippen molar-refractivity contribution in [1.82, 2.24) is 14.5 Å². The number of carbonyl (C=O) groups is 1. The van der Waals surface area contributed by atoms with E-state index in [1.54, 1.807) is 57.7 Å². The molecule has 0 atom stereocenters. The van der Waals surface area contributed by atoms with Gasteiger partial charge in [0.25, 0.3) is 5.56 Å². The van der Waals surface area contributed by atoms with Crippen molar-refractivity contribution in [3.8, 4) is 11.5 Å². The Hall–Kier alpha value is -3.59. The lowest BCUT2D eigenvalue weighted by Crippen LogP contribution is -2.42. The van der Waals surface area contributed by atoms with E-state index in [9.17, 15) is 14.4 Å². The van der Waals surface area contributed by atoms with Crippen molar-refractivity contribution in [1.29, 1.82) is 0 Å². The number of benzene rings is 2. The van der Waals surface area contributed by atoms with Gasteiger partial charge in [-0.1, -0.05) is 18.2 Å². The van der Waals surface area contributed by atoms with Gasteiger partial charge in [-0.25, -0.2) is 4.79 Å². The predicted molar refractivity (Wildman–Crippen MR) is 120 cm³/mol. The Morgan fingerprint density at radius 2 is 1.72 bits per heavy atom. The number of nitrogens with one attached hydrogen (secondary N) is 1. The van der Waals surface area contributed by atoms with E-state index in [2.05, 4.69) is 5.32 Å². The third kappa shape index (κ3) is 5.00. The number of ether oxygens (including phenoxy) is 3. The zero-order valence-corrected chi connectivity index (χ0v) is 18.4. The highest BCUT2D eigenvalue weighted by atomic mass is 16.5. The molecule has 3 aromatic rings. The largest absolute Gasteiger partial charge is 0.493 e. The molecule has 0 unspecified atom stereocenters. The van der Waals surface area contributed by atoms with E-state index < -0.39 is 5.69 Å². The fourth-order valence-electron chi connectivity index (χ4n) is 3.48. The Morgan fingerprint density at radius 1 is 0.969 bits per heavy atom. The highest BCUT2D eigenvalue weighted by molar-refractivity contribution is 5.81. The summed E-state index contributed by atoms with van der Waals surface area (Å²) in [6.07, 6.45) is 0.509. The second-order valence-electron chi connectivity index (χ2n) is 7.16. The first-order chi connectivity index (χ1) is 15.5. The maximum atomic E-state index is 13.0. The van der Waals surface area contributed by atoms with Gasteiger partial charge < -0.3 is 19.5 Å². The Kier molecular flexibility index (Phi) is 7.67. The smallest absolute Gasteiger partial charge is 0.331 e. The van der Waals surface area contributed by atoms with Crippen molar-refractivity contribution in [2.24, 2.45) is 0 Å². The lowest BCUT2D eigenvalue weighted by molar-refractivity contribution is -0.121. The first kappa shape index (κ1) is 23.1. The molecule has 1 heterocycles. The van der Waals surface area contributed by atoms with Crippen LogP contribution in [0.1, 0.15) is 12.0 Å². The topological polar surface area (TPSA) is 101 Å². The van der Waals surface area contributed by atoms with Gasteiger partial charge in [0.15, 0.2) is 11.5 Å². The molecule has 0 aliphatic rings. The van der Waals surface area contributed by atoms with Crippen LogP contribution in [-0.2, 0) is 29.2 Å². The zero-order chi connectivity index (χ0) is 23.1. The highest BCUT2D eigenvalue weighted by Gasteiger charge is 2.15. The van der Waals surface area contributed by atoms with Gasteiger partial charge in [-0.2, -0.15) is 0 Å². The number of amides is 1. The molecule has 0 saturated carbocycles. The third-order valence-electron chi connectivity index (χ3n) is 5.10. The number of methoxy groups -OCH3 is 3. The van der Waals surface area contributed by atoms with Crippen LogP contribution in [0.15, 0.2) is 52.1 Å². The normalized spacial score (nSPS) is 10.8. The summed E-state index contributed by atoms with van der Waals surface area (Å²) in [7, 11) is 4.65. The van der Waals surface area contributed by atoms with Gasteiger partial charge >= 0.3 is 5.69 Å². The molecular weight excluding hydrogens is 414 g/mol. The van der Waals surface area contributed by atoms with Crippen molar-refractivity contribution in [3.63, 3.8) is 0 Å². The number of para-hydroxylation sites is 1. The molecule has 9 heteroatoms. The van der Waals surface area contributed by atoms with Gasteiger partial charge in [0.1, 0.15) is 6.54 Å². The summed E-state index contributed by atoms with van der Waals surface area (Å²) in [6.45, 7) is 0.671. The number of aromatic nitrogens is 2. The second-order valence-corrected chi connectivity index (χ2v) is 7.16. The van der Waals surface area contributed by atoms with Gasteiger partial charge in [-0.15, -0.1) is 0 Å². The summed E-state index contributed by atoms with van der Waals surface area (Å²) < 4.78 is 18.0. The van der Waals surface area contributed by atoms with E-state index >= 15 is 0 Å². The first-order valence-corrected chi connectivity index (χ1v) is 10.2. The van der Waals surface area contributed by atoms with Crippen LogP contribution >= 0.6 is 0 Å². The number of nitrogens with zero attached hydrogens (tertiary/aromatic N) is 2. The van der Waals surface area contributed by atoms with E-state index in [0.717, 1.165) is 10.1 Å². The Balaban J connectivity index is 1.84. The molecule has 0 bridgehead atoms. The summed E-state index contributed by atoms with van der Waals surface area (Å²) in [4.78, 5) is 38.5. The molecule has 2 aromatic carbocycles. The molecule has 0 aliphatic heterocycles. The van der Waals surface area contributed by atoms with Crippen LogP contribution in [0.5, 0.6) is 11.5 Å². The van der Waals surface area contributed by atoms with Gasteiger partial charge in [-0.3, -0.25) is 18.7 Å². The maximum Gasteiger partial charge on any atom is 0.331 e. The molecule has 0 fully saturated rings. The minimum Gasteiger partial charge on any atom is -0.493 e. The fourth-order valence-corrected chi connectivity index (χ4v) is 3.48. The number of rotatable bonds is 10. The Bertz CT molecular complexity index is 1210. The second kappa shape index (κ2) is 10.6. The minimum atomic E-state index is -0.522. The lowest BCUT2D eigenvalue weighted by atomic mass is 10.2. The van der Waals surface area contributed by atoms with E-state index in [-0.39, 0.29) is 31.1 Å². The number of carbonyl (C=O) groups excluding carboxylic acids is 1. The molecule has 9 nitrogen and oxygen atoms in total. The summed E-state index contributed by atoms with van der Waals surface area (Å²) in [5, 5.41) is 3.20. The van der Waals surface area contributed by atoms with Crippen LogP contribution in [0, 0.1) is 0 Å². The molecule has 0 spiro atoms. The molecule has 170 valence electrons. The number of fused-ring (bicyclic) bond motifs is 1. The van der Waals surface area contributed by atoms with E-state index in [4.69, 9.17) is 14.2 Å². The fraction of sp³-hybridized carbons (Fsp3) is 0.348. The first-order valence-electron chi connectivity index (χ1n) is 10.2. The van der Waals surface area contributed by atoms with Crippen molar-refractivity contribution in [2.75, 3.05) is 27.9 Å². The summed E-state index contributed by atoms with van der Waals surface area (Å²) in [6, 6.07) is 12.1. The number of hydrogen-bond donors (Lipinski definition) is 1. The van der Waals surface area contributed by atoms with Gasteiger partial charge in [-0.05, 0) is 36.2 Å². The Labute approximate surface area is 185 Å². The zero-order valence-electron chi connectivity index (χ0n) is 18.4. The third-order valence-corrected chi connectivity index (χ3v) is 5.10. The highest BCUT2D eigenvalue weighted by Crippen LogP contribution is 2.27. The molecule has 0 aliphatic carbocycles. The van der Waals surface area contributed by atoms with Gasteiger partial charge in [0.05, 0.1) is 25.1 Å². The molecule has 32 heavy (non-hydrogen) atoms. The van der Waals surface area contributed by atoms with Crippen LogP contribution in [0.3, 0.4) is 0 Å². The van der Waals surface area contributed by atoms with Crippen LogP contribution in [0.2, 0.25) is 0 Å². The van der Waals surface area contributed by atoms with E-state index in [1.165, 1.54) is 4.57 Å². The molecule has 0 saturated heterocycles. The molecule has 1 amide bonds. The van der Waals surface area contributed by atoms with Crippen LogP contribution < -0.4 is 26.0 Å². The van der Waals surface area contributed by atoms with Gasteiger partial charge in [0, 0.05) is 26.8 Å². The van der Waals surface area contributed by atoms with Crippen molar-refractivity contribution in [3.05, 3.63) is 68.9 Å². The predicted octanol–water partition coefficient (Wildman–Crippen LogP) is 1.53. The molecule has 0 radical (unpaired) electrons. The standard InChI is InChI=1S/C23H27N3O6/c1-30-12-6-11-25-22(28)17-7-4-5-8-18(17)26(23(25)29)15-21(27)24-14-16-9-10-19(31-2)20(13-16)32-3/h4-5,7-10,13H,6,11-12,14-15H2,1-3H3,(H,24,27). The summed E-state index contributed by atoms with van der Waals surface area (Å²) >= 11 is 0. The monoisotopic (exact) mass is 441 g/mol. The Morgan fingerprint density at radius 3 is 2.44 bits per heavy atom. The van der Waals surface area contributed by atoms with Crippen molar-refractivity contribution in [2.45, 2.75) is 26.1 Å². The molecule has 1 N–H and O–H groups in total. The van der Waals surface area contributed by atoms with Crippen molar-refractivity contribution < 1.29 is 19.0 Å². The van der Waals surface area contributed by atoms with Crippen LogP contribution in [0.4, 0.5) is 0 Å². The molecule has 3 rings (SSSR count). The van der Waals surface area contributed by atoms with E-state index in [1.807, 2.05) is 6.07 Å². The lowest BCUT2D eigenvalue weighted by Gasteiger charge is -2.14. The SMILES string of the molecule is COCCCn1c(=O)c2ccccc2n(CC(=O)NCc2ccc(OC)c(OC)c2)c1=O. The van der Waals surface area contributed by atoms with Crippen LogP contribution in [-0.4, -0.2) is 43.0 Å². The average molecular weight is 441 g/mol. The van der Waals surface area contributed by atoms with Crippen LogP contribution in [0.25, 0.3) is 10.9 Å². The summed E-state index contributed by atoms with van der Waals surface area (Å²) in [5.74, 6) is 0.801. The van der Waals surface area contributed by atoms with E-state index in [0.29, 0.717) is 35.4 Å². The number of hydrogen-bond acceptors (Lipinski definition) is 6. The molecule has 1 aromatic heterocycles. The molecular formula is C23H27N3O6. The average Bonchev–Trinajstić information content (AvgIpc) is 2.82.